The van der Waals surface area contributed by atoms with Crippen molar-refractivity contribution in [1.82, 2.24) is 19.8 Å². The zero-order chi connectivity index (χ0) is 28.7. The van der Waals surface area contributed by atoms with E-state index in [1.807, 2.05) is 79.1 Å². The summed E-state index contributed by atoms with van der Waals surface area (Å²) in [5.41, 5.74) is 1.87. The van der Waals surface area contributed by atoms with Crippen LogP contribution in [0.3, 0.4) is 0 Å². The Kier molecular flexibility index (Phi) is 10.1. The molecular weight excluding hydrogens is 542 g/mol. The van der Waals surface area contributed by atoms with Crippen LogP contribution in [0.4, 0.5) is 5.82 Å². The first-order valence-corrected chi connectivity index (χ1v) is 15.1. The Labute approximate surface area is 246 Å². The summed E-state index contributed by atoms with van der Waals surface area (Å²) in [5.74, 6) is 1.11. The number of carbonyl (C=O) groups is 2. The highest BCUT2D eigenvalue weighted by Crippen LogP contribution is 2.26. The second-order valence-corrected chi connectivity index (χ2v) is 12.5. The third kappa shape index (κ3) is 8.21. The van der Waals surface area contributed by atoms with Gasteiger partial charge in [-0.25, -0.2) is 9.97 Å². The first-order valence-electron chi connectivity index (χ1n) is 13.7. The maximum absolute atomic E-state index is 13.4. The molecule has 2 amide bonds. The molecule has 40 heavy (non-hydrogen) atoms. The number of benzene rings is 2. The fourth-order valence-corrected chi connectivity index (χ4v) is 5.72. The van der Waals surface area contributed by atoms with Gasteiger partial charge in [0.1, 0.15) is 11.0 Å². The zero-order valence-corrected chi connectivity index (χ0v) is 25.3. The number of nitrogens with zero attached hydrogens (tertiary/aromatic N) is 5. The molecule has 4 rings (SSSR count). The van der Waals surface area contributed by atoms with Crippen molar-refractivity contribution in [3.05, 3.63) is 83.0 Å². The molecule has 0 aliphatic carbocycles. The van der Waals surface area contributed by atoms with E-state index < -0.39 is 5.41 Å². The molecule has 7 nitrogen and oxygen atoms in total. The summed E-state index contributed by atoms with van der Waals surface area (Å²) >= 11 is 7.70. The Hall–Kier alpha value is -3.10. The Morgan fingerprint density at radius 1 is 1.00 bits per heavy atom. The normalized spacial score (nSPS) is 15.7. The minimum atomic E-state index is -0.416. The van der Waals surface area contributed by atoms with Gasteiger partial charge in [0.2, 0.25) is 11.8 Å². The van der Waals surface area contributed by atoms with Gasteiger partial charge in [-0.05, 0) is 24.5 Å². The van der Waals surface area contributed by atoms with Crippen molar-refractivity contribution >= 4 is 41.0 Å². The van der Waals surface area contributed by atoms with E-state index in [-0.39, 0.29) is 23.6 Å². The van der Waals surface area contributed by atoms with Crippen LogP contribution in [0.25, 0.3) is 0 Å². The minimum absolute atomic E-state index is 0.0258. The maximum Gasteiger partial charge on any atom is 0.233 e. The second kappa shape index (κ2) is 13.5. The lowest BCUT2D eigenvalue weighted by atomic mass is 9.93. The number of thioether (sulfide) groups is 1. The molecule has 0 saturated carbocycles. The van der Waals surface area contributed by atoms with E-state index in [0.717, 1.165) is 17.8 Å². The summed E-state index contributed by atoms with van der Waals surface area (Å²) in [6, 6.07) is 22.0. The molecule has 2 aromatic carbocycles. The first-order chi connectivity index (χ1) is 19.1. The van der Waals surface area contributed by atoms with Crippen molar-refractivity contribution < 1.29 is 9.59 Å². The van der Waals surface area contributed by atoms with Crippen molar-refractivity contribution in [2.75, 3.05) is 36.8 Å². The second-order valence-electron chi connectivity index (χ2n) is 11.2. The van der Waals surface area contributed by atoms with Crippen LogP contribution in [-0.4, -0.2) is 69.6 Å². The molecule has 0 N–H and O–H groups in total. The standard InChI is InChI=1S/C31H38ClN5O2S/c1-23-20-35(17-18-37(23)29(39)31(2,3)4)27-19-26(32)33-30(34-27)40-22-28(38)36(21-25-13-9-6-10-14-25)16-15-24-11-7-5-8-12-24/h5-14,19,23H,15-18,20-22H2,1-4H3. The predicted molar refractivity (Wildman–Crippen MR) is 163 cm³/mol. The van der Waals surface area contributed by atoms with E-state index >= 15 is 0 Å². The fraction of sp³-hybridized carbons (Fsp3) is 0.419. The number of piperazine rings is 1. The van der Waals surface area contributed by atoms with Crippen molar-refractivity contribution in [3.8, 4) is 0 Å². The van der Waals surface area contributed by atoms with E-state index in [0.29, 0.717) is 43.0 Å². The molecule has 1 fully saturated rings. The van der Waals surface area contributed by atoms with Crippen molar-refractivity contribution in [3.63, 3.8) is 0 Å². The number of carbonyl (C=O) groups excluding carboxylic acids is 2. The molecule has 212 valence electrons. The van der Waals surface area contributed by atoms with E-state index in [4.69, 9.17) is 16.6 Å². The molecular formula is C31H38ClN5O2S. The molecule has 9 heteroatoms. The van der Waals surface area contributed by atoms with Crippen LogP contribution in [0.5, 0.6) is 0 Å². The van der Waals surface area contributed by atoms with Crippen LogP contribution in [0.15, 0.2) is 71.9 Å². The molecule has 1 aliphatic rings. The highest BCUT2D eigenvalue weighted by Gasteiger charge is 2.34. The van der Waals surface area contributed by atoms with Gasteiger partial charge in [-0.3, -0.25) is 9.59 Å². The van der Waals surface area contributed by atoms with Crippen molar-refractivity contribution in [2.45, 2.75) is 51.9 Å². The number of amides is 2. The van der Waals surface area contributed by atoms with Crippen LogP contribution in [0.1, 0.15) is 38.8 Å². The molecule has 0 bridgehead atoms. The third-order valence-electron chi connectivity index (χ3n) is 6.92. The lowest BCUT2D eigenvalue weighted by molar-refractivity contribution is -0.142. The quantitative estimate of drug-likeness (QED) is 0.187. The molecule has 1 aromatic heterocycles. The monoisotopic (exact) mass is 579 g/mol. The number of halogens is 1. The maximum atomic E-state index is 13.4. The summed E-state index contributed by atoms with van der Waals surface area (Å²) in [7, 11) is 0. The Morgan fingerprint density at radius 3 is 2.27 bits per heavy atom. The van der Waals surface area contributed by atoms with Crippen molar-refractivity contribution in [1.29, 1.82) is 0 Å². The van der Waals surface area contributed by atoms with Gasteiger partial charge in [-0.2, -0.15) is 0 Å². The van der Waals surface area contributed by atoms with E-state index in [9.17, 15) is 9.59 Å². The number of hydrogen-bond acceptors (Lipinski definition) is 6. The summed E-state index contributed by atoms with van der Waals surface area (Å²) in [4.78, 5) is 41.4. The summed E-state index contributed by atoms with van der Waals surface area (Å²) in [6.45, 7) is 11.0. The van der Waals surface area contributed by atoms with Gasteiger partial charge in [0.05, 0.1) is 5.75 Å². The lowest BCUT2D eigenvalue weighted by Gasteiger charge is -2.42. The van der Waals surface area contributed by atoms with Crippen LogP contribution in [0, 0.1) is 5.41 Å². The number of hydrogen-bond donors (Lipinski definition) is 0. The van der Waals surface area contributed by atoms with Crippen LogP contribution in [0.2, 0.25) is 5.15 Å². The molecule has 0 radical (unpaired) electrons. The molecule has 2 heterocycles. The van der Waals surface area contributed by atoms with Gasteiger partial charge in [0.25, 0.3) is 0 Å². The highest BCUT2D eigenvalue weighted by atomic mass is 35.5. The first kappa shape index (κ1) is 29.9. The molecule has 1 unspecified atom stereocenters. The Bertz CT molecular complexity index is 1290. The number of anilines is 1. The molecule has 1 atom stereocenters. The Morgan fingerprint density at radius 2 is 1.65 bits per heavy atom. The van der Waals surface area contributed by atoms with Crippen LogP contribution >= 0.6 is 23.4 Å². The predicted octanol–water partition coefficient (Wildman–Crippen LogP) is 5.58. The Balaban J connectivity index is 1.41. The average Bonchev–Trinajstić information content (AvgIpc) is 2.94. The van der Waals surface area contributed by atoms with Crippen LogP contribution < -0.4 is 4.90 Å². The van der Waals surface area contributed by atoms with Gasteiger partial charge < -0.3 is 14.7 Å². The van der Waals surface area contributed by atoms with Gasteiger partial charge >= 0.3 is 0 Å². The van der Waals surface area contributed by atoms with E-state index in [2.05, 4.69) is 28.9 Å². The average molecular weight is 580 g/mol. The summed E-state index contributed by atoms with van der Waals surface area (Å²) in [6.07, 6.45) is 0.782. The lowest BCUT2D eigenvalue weighted by Crippen LogP contribution is -2.56. The zero-order valence-electron chi connectivity index (χ0n) is 23.7. The number of aromatic nitrogens is 2. The minimum Gasteiger partial charge on any atom is -0.353 e. The van der Waals surface area contributed by atoms with Gasteiger partial charge in [0.15, 0.2) is 5.16 Å². The SMILES string of the molecule is CC1CN(c2cc(Cl)nc(SCC(=O)N(CCc3ccccc3)Cc3ccccc3)n2)CCN1C(=O)C(C)(C)C. The third-order valence-corrected chi connectivity index (χ3v) is 7.95. The topological polar surface area (TPSA) is 69.6 Å². The fourth-order valence-electron chi connectivity index (χ4n) is 4.73. The van der Waals surface area contributed by atoms with Crippen LogP contribution in [-0.2, 0) is 22.6 Å². The molecule has 3 aromatic rings. The van der Waals surface area contributed by atoms with Gasteiger partial charge in [-0.1, -0.05) is 105 Å². The largest absolute Gasteiger partial charge is 0.353 e. The summed E-state index contributed by atoms with van der Waals surface area (Å²) < 4.78 is 0. The van der Waals surface area contributed by atoms with Crippen molar-refractivity contribution in [2.24, 2.45) is 5.41 Å². The smallest absolute Gasteiger partial charge is 0.233 e. The number of rotatable bonds is 9. The molecule has 0 spiro atoms. The molecule has 1 aliphatic heterocycles. The van der Waals surface area contributed by atoms with Gasteiger partial charge in [-0.15, -0.1) is 0 Å². The van der Waals surface area contributed by atoms with E-state index in [1.165, 1.54) is 17.3 Å². The van der Waals surface area contributed by atoms with E-state index in [1.54, 1.807) is 6.07 Å². The van der Waals surface area contributed by atoms with Gasteiger partial charge in [0, 0.05) is 50.2 Å². The highest BCUT2D eigenvalue weighted by molar-refractivity contribution is 7.99. The summed E-state index contributed by atoms with van der Waals surface area (Å²) in [5, 5.41) is 0.811. The molecule has 1 saturated heterocycles.